The van der Waals surface area contributed by atoms with E-state index in [2.05, 4.69) is 15.3 Å². The van der Waals surface area contributed by atoms with Gasteiger partial charge in [-0.15, -0.1) is 0 Å². The molecular formula is C16H18N4O2. The highest BCUT2D eigenvalue weighted by Crippen LogP contribution is 2.32. The highest BCUT2D eigenvalue weighted by molar-refractivity contribution is 5.69. The summed E-state index contributed by atoms with van der Waals surface area (Å²) in [5.74, 6) is 0.604. The summed E-state index contributed by atoms with van der Waals surface area (Å²) in [7, 11) is 0. The van der Waals surface area contributed by atoms with Crippen molar-refractivity contribution in [2.45, 2.75) is 19.4 Å². The molecule has 0 amide bonds. The van der Waals surface area contributed by atoms with E-state index in [4.69, 9.17) is 5.11 Å². The van der Waals surface area contributed by atoms with Crippen molar-refractivity contribution in [3.8, 4) is 0 Å². The molecule has 0 spiro atoms. The Balaban J connectivity index is 1.80. The van der Waals surface area contributed by atoms with Gasteiger partial charge in [0.15, 0.2) is 0 Å². The summed E-state index contributed by atoms with van der Waals surface area (Å²) < 4.78 is 0. The Morgan fingerprint density at radius 2 is 2.14 bits per heavy atom. The Bertz CT molecular complexity index is 675. The van der Waals surface area contributed by atoms with Crippen LogP contribution in [0.15, 0.2) is 36.4 Å². The van der Waals surface area contributed by atoms with Crippen molar-refractivity contribution in [3.05, 3.63) is 47.9 Å². The Labute approximate surface area is 128 Å². The maximum Gasteiger partial charge on any atom is 0.317 e. The van der Waals surface area contributed by atoms with Gasteiger partial charge in [-0.3, -0.25) is 9.69 Å². The summed E-state index contributed by atoms with van der Waals surface area (Å²) in [6.07, 6.45) is 0.925. The molecule has 2 heterocycles. The monoisotopic (exact) mass is 298 g/mol. The van der Waals surface area contributed by atoms with Crippen LogP contribution in [0.3, 0.4) is 0 Å². The minimum atomic E-state index is -0.807. The lowest BCUT2D eigenvalue weighted by Gasteiger charge is -2.39. The van der Waals surface area contributed by atoms with Crippen LogP contribution in [0.5, 0.6) is 0 Å². The SMILES string of the molecule is Cc1nc(Nc2ccccc2)cc(C2CCN2CC(=O)O)n1. The lowest BCUT2D eigenvalue weighted by molar-refractivity contribution is -0.140. The number of nitrogens with zero attached hydrogens (tertiary/aromatic N) is 3. The number of aryl methyl sites for hydroxylation is 1. The molecule has 1 aromatic heterocycles. The minimum Gasteiger partial charge on any atom is -0.480 e. The predicted octanol–water partition coefficient (Wildman–Crippen LogP) is 2.36. The molecule has 1 fully saturated rings. The molecule has 1 aliphatic heterocycles. The van der Waals surface area contributed by atoms with Crippen molar-refractivity contribution in [2.75, 3.05) is 18.4 Å². The van der Waals surface area contributed by atoms with Crippen LogP contribution in [-0.4, -0.2) is 39.0 Å². The highest BCUT2D eigenvalue weighted by atomic mass is 16.4. The second-order valence-electron chi connectivity index (χ2n) is 5.38. The van der Waals surface area contributed by atoms with Gasteiger partial charge in [-0.2, -0.15) is 0 Å². The lowest BCUT2D eigenvalue weighted by Crippen LogP contribution is -2.44. The smallest absolute Gasteiger partial charge is 0.317 e. The van der Waals surface area contributed by atoms with Crippen LogP contribution >= 0.6 is 0 Å². The summed E-state index contributed by atoms with van der Waals surface area (Å²) in [6, 6.07) is 11.8. The van der Waals surface area contributed by atoms with E-state index < -0.39 is 5.97 Å². The molecule has 6 heteroatoms. The number of benzene rings is 1. The number of hydrogen-bond donors (Lipinski definition) is 2. The molecule has 3 rings (SSSR count). The average molecular weight is 298 g/mol. The topological polar surface area (TPSA) is 78.4 Å². The quantitative estimate of drug-likeness (QED) is 0.882. The minimum absolute atomic E-state index is 0.0508. The molecule has 22 heavy (non-hydrogen) atoms. The molecule has 6 nitrogen and oxygen atoms in total. The van der Waals surface area contributed by atoms with Gasteiger partial charge in [0.05, 0.1) is 18.3 Å². The van der Waals surface area contributed by atoms with Crippen LogP contribution in [0, 0.1) is 6.92 Å². The molecule has 2 aromatic rings. The molecule has 114 valence electrons. The van der Waals surface area contributed by atoms with Crippen molar-refractivity contribution < 1.29 is 9.90 Å². The zero-order chi connectivity index (χ0) is 15.5. The molecule has 1 aliphatic rings. The number of hydrogen-bond acceptors (Lipinski definition) is 5. The van der Waals surface area contributed by atoms with E-state index in [0.717, 1.165) is 30.2 Å². The molecule has 1 atom stereocenters. The molecule has 1 aromatic carbocycles. The third kappa shape index (κ3) is 3.23. The second kappa shape index (κ2) is 6.11. The molecular weight excluding hydrogens is 280 g/mol. The van der Waals surface area contributed by atoms with Crippen LogP contribution in [0.25, 0.3) is 0 Å². The highest BCUT2D eigenvalue weighted by Gasteiger charge is 2.32. The van der Waals surface area contributed by atoms with Crippen LogP contribution in [0.1, 0.15) is 24.0 Å². The molecule has 1 unspecified atom stereocenters. The first kappa shape index (κ1) is 14.5. The molecule has 0 aliphatic carbocycles. The number of carbonyl (C=O) groups is 1. The Kier molecular flexibility index (Phi) is 4.02. The number of para-hydroxylation sites is 1. The third-order valence-electron chi connectivity index (χ3n) is 3.71. The van der Waals surface area contributed by atoms with Gasteiger partial charge in [0, 0.05) is 18.3 Å². The first-order valence-corrected chi connectivity index (χ1v) is 7.25. The van der Waals surface area contributed by atoms with Crippen LogP contribution < -0.4 is 5.32 Å². The predicted molar refractivity (Wildman–Crippen MR) is 83.1 cm³/mol. The van der Waals surface area contributed by atoms with Gasteiger partial charge in [-0.05, 0) is 25.5 Å². The third-order valence-corrected chi connectivity index (χ3v) is 3.71. The van der Waals surface area contributed by atoms with E-state index in [1.807, 2.05) is 48.2 Å². The van der Waals surface area contributed by atoms with Gasteiger partial charge in [0.1, 0.15) is 11.6 Å². The van der Waals surface area contributed by atoms with Crippen LogP contribution in [-0.2, 0) is 4.79 Å². The Morgan fingerprint density at radius 3 is 2.77 bits per heavy atom. The number of rotatable bonds is 5. The number of aliphatic carboxylic acids is 1. The molecule has 0 bridgehead atoms. The molecule has 0 saturated carbocycles. The summed E-state index contributed by atoms with van der Waals surface area (Å²) >= 11 is 0. The number of aromatic nitrogens is 2. The molecule has 1 saturated heterocycles. The summed E-state index contributed by atoms with van der Waals surface area (Å²) in [4.78, 5) is 21.6. The Hall–Kier alpha value is -2.47. The van der Waals surface area contributed by atoms with Crippen LogP contribution in [0.4, 0.5) is 11.5 Å². The second-order valence-corrected chi connectivity index (χ2v) is 5.38. The van der Waals surface area contributed by atoms with Gasteiger partial charge < -0.3 is 10.4 Å². The van der Waals surface area contributed by atoms with E-state index in [1.165, 1.54) is 0 Å². The fourth-order valence-electron chi connectivity index (χ4n) is 2.63. The number of nitrogens with one attached hydrogen (secondary N) is 1. The van der Waals surface area contributed by atoms with Gasteiger partial charge in [0.2, 0.25) is 0 Å². The average Bonchev–Trinajstić information content (AvgIpc) is 2.44. The summed E-state index contributed by atoms with van der Waals surface area (Å²) in [5.41, 5.74) is 1.83. The van der Waals surface area contributed by atoms with Gasteiger partial charge in [-0.1, -0.05) is 18.2 Å². The van der Waals surface area contributed by atoms with Gasteiger partial charge in [0.25, 0.3) is 0 Å². The maximum atomic E-state index is 10.9. The largest absolute Gasteiger partial charge is 0.480 e. The van der Waals surface area contributed by atoms with Crippen LogP contribution in [0.2, 0.25) is 0 Å². The number of carboxylic acid groups (broad SMARTS) is 1. The summed E-state index contributed by atoms with van der Waals surface area (Å²) in [5, 5.41) is 12.2. The fourth-order valence-corrected chi connectivity index (χ4v) is 2.63. The van der Waals surface area contributed by atoms with Gasteiger partial charge in [-0.25, -0.2) is 9.97 Å². The number of carboxylic acids is 1. The van der Waals surface area contributed by atoms with Gasteiger partial charge >= 0.3 is 5.97 Å². The van der Waals surface area contributed by atoms with E-state index in [1.54, 1.807) is 0 Å². The normalized spacial score (nSPS) is 17.8. The molecule has 0 radical (unpaired) electrons. The maximum absolute atomic E-state index is 10.9. The number of anilines is 2. The van der Waals surface area contributed by atoms with Crippen molar-refractivity contribution in [2.24, 2.45) is 0 Å². The van der Waals surface area contributed by atoms with E-state index in [0.29, 0.717) is 5.82 Å². The number of likely N-dealkylation sites (tertiary alicyclic amines) is 1. The zero-order valence-corrected chi connectivity index (χ0v) is 12.4. The first-order valence-electron chi connectivity index (χ1n) is 7.25. The van der Waals surface area contributed by atoms with Crippen molar-refractivity contribution in [1.29, 1.82) is 0 Å². The standard InChI is InChI=1S/C16H18N4O2/c1-11-17-13(14-7-8-20(14)10-16(21)22)9-15(18-11)19-12-5-3-2-4-6-12/h2-6,9,14H,7-8,10H2,1H3,(H,21,22)(H,17,18,19). The first-order chi connectivity index (χ1) is 10.6. The molecule has 2 N–H and O–H groups in total. The van der Waals surface area contributed by atoms with Crippen molar-refractivity contribution in [3.63, 3.8) is 0 Å². The summed E-state index contributed by atoms with van der Waals surface area (Å²) in [6.45, 7) is 2.69. The zero-order valence-electron chi connectivity index (χ0n) is 12.4. The fraction of sp³-hybridized carbons (Fsp3) is 0.312. The van der Waals surface area contributed by atoms with E-state index in [-0.39, 0.29) is 12.6 Å². The Morgan fingerprint density at radius 1 is 1.36 bits per heavy atom. The lowest BCUT2D eigenvalue weighted by atomic mass is 9.99. The van der Waals surface area contributed by atoms with E-state index >= 15 is 0 Å². The van der Waals surface area contributed by atoms with Crippen molar-refractivity contribution in [1.82, 2.24) is 14.9 Å². The van der Waals surface area contributed by atoms with E-state index in [9.17, 15) is 4.79 Å². The van der Waals surface area contributed by atoms with Crippen molar-refractivity contribution >= 4 is 17.5 Å².